The highest BCUT2D eigenvalue weighted by atomic mass is 16.2. The quantitative estimate of drug-likeness (QED) is 0.371. The van der Waals surface area contributed by atoms with Gasteiger partial charge in [-0.2, -0.15) is 0 Å². The van der Waals surface area contributed by atoms with Crippen LogP contribution in [0.2, 0.25) is 0 Å². The van der Waals surface area contributed by atoms with Crippen LogP contribution < -0.4 is 5.32 Å². The molecule has 0 bridgehead atoms. The van der Waals surface area contributed by atoms with Crippen LogP contribution in [0.25, 0.3) is 0 Å². The molecule has 1 N–H and O–H groups in total. The van der Waals surface area contributed by atoms with Crippen LogP contribution >= 0.6 is 0 Å². The van der Waals surface area contributed by atoms with Crippen molar-refractivity contribution in [1.82, 2.24) is 14.7 Å². The second-order valence-corrected chi connectivity index (χ2v) is 10.3. The predicted octanol–water partition coefficient (Wildman–Crippen LogP) is 4.13. The average Bonchev–Trinajstić information content (AvgIpc) is 2.94. The van der Waals surface area contributed by atoms with Gasteiger partial charge in [-0.05, 0) is 50.1 Å². The molecular formula is C31H40N4O2. The monoisotopic (exact) mass is 500 g/mol. The summed E-state index contributed by atoms with van der Waals surface area (Å²) in [6, 6.07) is 17.0. The van der Waals surface area contributed by atoms with E-state index in [0.29, 0.717) is 23.4 Å². The maximum atomic E-state index is 12.7. The van der Waals surface area contributed by atoms with Gasteiger partial charge < -0.3 is 10.2 Å². The zero-order chi connectivity index (χ0) is 25.9. The lowest BCUT2D eigenvalue weighted by Gasteiger charge is -2.40. The Labute approximate surface area is 222 Å². The molecule has 1 heterocycles. The van der Waals surface area contributed by atoms with Crippen molar-refractivity contribution in [3.63, 3.8) is 0 Å². The van der Waals surface area contributed by atoms with Crippen LogP contribution in [0.4, 0.5) is 5.69 Å². The van der Waals surface area contributed by atoms with Crippen LogP contribution in [0.15, 0.2) is 54.6 Å². The van der Waals surface area contributed by atoms with E-state index >= 15 is 0 Å². The molecule has 0 radical (unpaired) electrons. The highest BCUT2D eigenvalue weighted by molar-refractivity contribution is 6.09. The normalized spacial score (nSPS) is 17.4. The van der Waals surface area contributed by atoms with E-state index in [9.17, 15) is 9.59 Å². The predicted molar refractivity (Wildman–Crippen MR) is 150 cm³/mol. The Morgan fingerprint density at radius 3 is 2.27 bits per heavy atom. The third-order valence-corrected chi connectivity index (χ3v) is 7.60. The number of hydrogen-bond donors (Lipinski definition) is 1. The van der Waals surface area contributed by atoms with E-state index in [4.69, 9.17) is 6.42 Å². The van der Waals surface area contributed by atoms with Crippen molar-refractivity contribution in [2.45, 2.75) is 44.6 Å². The highest BCUT2D eigenvalue weighted by Gasteiger charge is 2.25. The van der Waals surface area contributed by atoms with E-state index in [1.807, 2.05) is 23.1 Å². The number of carbonyl (C=O) groups is 2. The summed E-state index contributed by atoms with van der Waals surface area (Å²) in [5, 5.41) is 2.94. The van der Waals surface area contributed by atoms with Crippen LogP contribution in [-0.4, -0.2) is 84.8 Å². The molecule has 196 valence electrons. The second-order valence-electron chi connectivity index (χ2n) is 10.3. The number of hydrogen-bond acceptors (Lipinski definition) is 5. The summed E-state index contributed by atoms with van der Waals surface area (Å²) in [6.07, 6.45) is 13.5. The first-order valence-corrected chi connectivity index (χ1v) is 13.7. The van der Waals surface area contributed by atoms with Crippen molar-refractivity contribution in [2.24, 2.45) is 0 Å². The molecule has 0 spiro atoms. The largest absolute Gasteiger partial charge is 0.325 e. The standard InChI is InChI=1S/C31H40N4O2/c1-2-18-34(20-9-19-33-21-23-35(24-22-33)29-12-7-4-8-13-29)25-30(36)32-28-16-14-27(15-17-28)31(37)26-10-5-3-6-11-26/h1,3,5-6,10-11,14-17,29H,4,7-9,12-13,18-25H2,(H,32,36). The van der Waals surface area contributed by atoms with Gasteiger partial charge in [-0.3, -0.25) is 19.4 Å². The van der Waals surface area contributed by atoms with Gasteiger partial charge in [0.1, 0.15) is 0 Å². The first-order valence-electron chi connectivity index (χ1n) is 13.7. The Kier molecular flexibility index (Phi) is 10.3. The second kappa shape index (κ2) is 14.1. The minimum atomic E-state index is -0.0986. The summed E-state index contributed by atoms with van der Waals surface area (Å²) in [7, 11) is 0. The van der Waals surface area contributed by atoms with Gasteiger partial charge >= 0.3 is 0 Å². The Morgan fingerprint density at radius 2 is 1.59 bits per heavy atom. The lowest BCUT2D eigenvalue weighted by Crippen LogP contribution is -2.51. The molecule has 0 unspecified atom stereocenters. The van der Waals surface area contributed by atoms with Crippen molar-refractivity contribution in [3.05, 3.63) is 65.7 Å². The molecular weight excluding hydrogens is 460 g/mol. The van der Waals surface area contributed by atoms with Crippen LogP contribution in [0.3, 0.4) is 0 Å². The minimum absolute atomic E-state index is 0.0333. The number of piperazine rings is 1. The molecule has 2 aliphatic rings. The van der Waals surface area contributed by atoms with E-state index < -0.39 is 0 Å². The number of amides is 1. The summed E-state index contributed by atoms with van der Waals surface area (Å²) in [6.45, 7) is 7.17. The van der Waals surface area contributed by atoms with Crippen LogP contribution in [0.5, 0.6) is 0 Å². The number of ketones is 1. The highest BCUT2D eigenvalue weighted by Crippen LogP contribution is 2.23. The molecule has 1 aliphatic carbocycles. The fourth-order valence-corrected chi connectivity index (χ4v) is 5.52. The van der Waals surface area contributed by atoms with Crippen LogP contribution in [0.1, 0.15) is 54.4 Å². The molecule has 2 aromatic carbocycles. The number of benzene rings is 2. The molecule has 1 saturated carbocycles. The number of anilines is 1. The molecule has 2 aromatic rings. The van der Waals surface area contributed by atoms with E-state index in [1.165, 1.54) is 45.2 Å². The SMILES string of the molecule is C#CCN(CCCN1CCN(C2CCCCC2)CC1)CC(=O)Nc1ccc(C(=O)c2ccccc2)cc1. The zero-order valence-corrected chi connectivity index (χ0v) is 21.9. The number of nitrogens with one attached hydrogen (secondary N) is 1. The topological polar surface area (TPSA) is 55.9 Å². The van der Waals surface area contributed by atoms with Gasteiger partial charge in [0.25, 0.3) is 0 Å². The average molecular weight is 501 g/mol. The van der Waals surface area contributed by atoms with E-state index in [2.05, 4.69) is 21.0 Å². The summed E-state index contributed by atoms with van der Waals surface area (Å²) in [5.41, 5.74) is 1.92. The van der Waals surface area contributed by atoms with Gasteiger partial charge in [-0.15, -0.1) is 6.42 Å². The van der Waals surface area contributed by atoms with E-state index in [0.717, 1.165) is 38.6 Å². The molecule has 0 atom stereocenters. The molecule has 6 heteroatoms. The van der Waals surface area contributed by atoms with Gasteiger partial charge in [-0.25, -0.2) is 0 Å². The fraction of sp³-hybridized carbons (Fsp3) is 0.484. The van der Waals surface area contributed by atoms with Crippen molar-refractivity contribution in [2.75, 3.05) is 57.7 Å². The summed E-state index contributed by atoms with van der Waals surface area (Å²) >= 11 is 0. The maximum Gasteiger partial charge on any atom is 0.238 e. The molecule has 4 rings (SSSR count). The fourth-order valence-electron chi connectivity index (χ4n) is 5.52. The number of nitrogens with zero attached hydrogens (tertiary/aromatic N) is 3. The molecule has 1 amide bonds. The van der Waals surface area contributed by atoms with Gasteiger partial charge in [0.05, 0.1) is 13.1 Å². The van der Waals surface area contributed by atoms with Crippen molar-refractivity contribution in [3.8, 4) is 12.3 Å². The Morgan fingerprint density at radius 1 is 0.919 bits per heavy atom. The number of terminal acetylenes is 1. The van der Waals surface area contributed by atoms with Crippen molar-refractivity contribution in [1.29, 1.82) is 0 Å². The molecule has 1 saturated heterocycles. The zero-order valence-electron chi connectivity index (χ0n) is 21.9. The van der Waals surface area contributed by atoms with Crippen molar-refractivity contribution >= 4 is 17.4 Å². The number of rotatable bonds is 11. The van der Waals surface area contributed by atoms with Crippen LogP contribution in [0, 0.1) is 12.3 Å². The maximum absolute atomic E-state index is 12.7. The Hall–Kier alpha value is -2.98. The first kappa shape index (κ1) is 27.1. The van der Waals surface area contributed by atoms with Gasteiger partial charge in [0.2, 0.25) is 5.91 Å². The summed E-state index contributed by atoms with van der Waals surface area (Å²) in [4.78, 5) is 32.5. The number of carbonyl (C=O) groups excluding carboxylic acids is 2. The molecule has 37 heavy (non-hydrogen) atoms. The smallest absolute Gasteiger partial charge is 0.238 e. The van der Waals surface area contributed by atoms with Gasteiger partial charge in [0.15, 0.2) is 5.78 Å². The van der Waals surface area contributed by atoms with Gasteiger partial charge in [0, 0.05) is 55.6 Å². The molecule has 6 nitrogen and oxygen atoms in total. The van der Waals surface area contributed by atoms with E-state index in [1.54, 1.807) is 36.4 Å². The third-order valence-electron chi connectivity index (χ3n) is 7.60. The van der Waals surface area contributed by atoms with Gasteiger partial charge in [-0.1, -0.05) is 55.5 Å². The summed E-state index contributed by atoms with van der Waals surface area (Å²) in [5.74, 6) is 2.56. The molecule has 1 aliphatic heterocycles. The lowest BCUT2D eigenvalue weighted by molar-refractivity contribution is -0.117. The minimum Gasteiger partial charge on any atom is -0.325 e. The first-order chi connectivity index (χ1) is 18.1. The Balaban J connectivity index is 1.18. The summed E-state index contributed by atoms with van der Waals surface area (Å²) < 4.78 is 0. The molecule has 2 fully saturated rings. The van der Waals surface area contributed by atoms with E-state index in [-0.39, 0.29) is 18.2 Å². The molecule has 0 aromatic heterocycles. The Bertz CT molecular complexity index is 1030. The third kappa shape index (κ3) is 8.26. The van der Waals surface area contributed by atoms with Crippen molar-refractivity contribution < 1.29 is 9.59 Å². The lowest BCUT2D eigenvalue weighted by atomic mass is 9.94. The van der Waals surface area contributed by atoms with Crippen LogP contribution in [-0.2, 0) is 4.79 Å².